The maximum atomic E-state index is 12.5. The lowest BCUT2D eigenvalue weighted by Gasteiger charge is -2.15. The summed E-state index contributed by atoms with van der Waals surface area (Å²) in [5, 5.41) is 11.3. The summed E-state index contributed by atoms with van der Waals surface area (Å²) in [7, 11) is 1.59. The first-order chi connectivity index (χ1) is 14.4. The number of carbonyl (C=O) groups excluding carboxylic acids is 2. The Labute approximate surface area is 172 Å². The number of nitrogens with two attached hydrogens (primary N) is 2. The second kappa shape index (κ2) is 7.53. The van der Waals surface area contributed by atoms with Crippen molar-refractivity contribution >= 4 is 33.6 Å². The lowest BCUT2D eigenvalue weighted by Crippen LogP contribution is -2.16. The second-order valence-corrected chi connectivity index (χ2v) is 7.02. The highest BCUT2D eigenvalue weighted by molar-refractivity contribution is 6.18. The van der Waals surface area contributed by atoms with Crippen molar-refractivity contribution in [1.29, 1.82) is 0 Å². The van der Waals surface area contributed by atoms with Crippen LogP contribution in [0, 0.1) is 0 Å². The molecular weight excluding hydrogens is 382 g/mol. The Morgan fingerprint density at radius 1 is 1.03 bits per heavy atom. The number of methoxy groups -OCH3 is 1. The summed E-state index contributed by atoms with van der Waals surface area (Å²) in [5.74, 6) is -0.466. The lowest BCUT2D eigenvalue weighted by molar-refractivity contribution is 0.0992. The highest BCUT2D eigenvalue weighted by atomic mass is 16.5. The third-order valence-electron chi connectivity index (χ3n) is 5.28. The van der Waals surface area contributed by atoms with Crippen LogP contribution in [0.25, 0.3) is 32.9 Å². The Morgan fingerprint density at radius 2 is 1.83 bits per heavy atom. The predicted molar refractivity (Wildman–Crippen MR) is 116 cm³/mol. The second-order valence-electron chi connectivity index (χ2n) is 7.02. The van der Waals surface area contributed by atoms with E-state index in [4.69, 9.17) is 16.2 Å². The smallest absolute Gasteiger partial charge is 0.251 e. The minimum atomic E-state index is -0.602. The van der Waals surface area contributed by atoms with Crippen molar-refractivity contribution in [2.24, 2.45) is 11.5 Å². The molecule has 7 heteroatoms. The third-order valence-corrected chi connectivity index (χ3v) is 5.28. The van der Waals surface area contributed by atoms with Gasteiger partial charge in [-0.3, -0.25) is 9.59 Å². The molecule has 30 heavy (non-hydrogen) atoms. The van der Waals surface area contributed by atoms with Gasteiger partial charge in [-0.05, 0) is 53.4 Å². The van der Waals surface area contributed by atoms with Gasteiger partial charge in [-0.25, -0.2) is 0 Å². The highest BCUT2D eigenvalue weighted by Gasteiger charge is 2.21. The van der Waals surface area contributed by atoms with Gasteiger partial charge >= 0.3 is 0 Å². The van der Waals surface area contributed by atoms with E-state index in [9.17, 15) is 14.7 Å². The molecule has 0 aliphatic heterocycles. The molecule has 4 aromatic rings. The fourth-order valence-corrected chi connectivity index (χ4v) is 3.93. The molecule has 0 saturated carbocycles. The first kappa shape index (κ1) is 19.5. The van der Waals surface area contributed by atoms with Gasteiger partial charge in [-0.1, -0.05) is 18.2 Å². The SMILES string of the molecule is COc1cccc(-c2cc3c([nH]c4cc(C(N)=O)ccc43)c(C(N)=O)c2CCO)c1. The van der Waals surface area contributed by atoms with E-state index in [1.165, 1.54) is 0 Å². The number of hydrogen-bond donors (Lipinski definition) is 4. The number of aliphatic hydroxyl groups excluding tert-OH is 1. The van der Waals surface area contributed by atoms with Crippen molar-refractivity contribution in [1.82, 2.24) is 4.98 Å². The van der Waals surface area contributed by atoms with Gasteiger partial charge in [0.15, 0.2) is 0 Å². The zero-order valence-corrected chi connectivity index (χ0v) is 16.4. The number of aromatic nitrogens is 1. The van der Waals surface area contributed by atoms with Crippen LogP contribution in [-0.2, 0) is 6.42 Å². The van der Waals surface area contributed by atoms with Crippen LogP contribution in [0.3, 0.4) is 0 Å². The van der Waals surface area contributed by atoms with Crippen LogP contribution in [-0.4, -0.2) is 35.6 Å². The molecule has 0 bridgehead atoms. The number of carbonyl (C=O) groups is 2. The van der Waals surface area contributed by atoms with Gasteiger partial charge in [0, 0.05) is 28.5 Å². The molecule has 0 aliphatic rings. The normalized spacial score (nSPS) is 11.1. The molecule has 0 atom stereocenters. The standard InChI is InChI=1S/C23H21N3O4/c1-30-14-4-2-3-12(9-14)17-11-18-15-6-5-13(22(24)28)10-19(15)26-21(18)20(23(25)29)16(17)7-8-27/h2-6,9-11,26-27H,7-8H2,1H3,(H2,24,28)(H2,25,29). The van der Waals surface area contributed by atoms with E-state index in [1.807, 2.05) is 30.3 Å². The summed E-state index contributed by atoms with van der Waals surface area (Å²) in [6.45, 7) is -0.144. The summed E-state index contributed by atoms with van der Waals surface area (Å²) >= 11 is 0. The predicted octanol–water partition coefficient (Wildman–Crippen LogP) is 2.73. The van der Waals surface area contributed by atoms with E-state index >= 15 is 0 Å². The van der Waals surface area contributed by atoms with E-state index in [0.717, 1.165) is 21.9 Å². The maximum Gasteiger partial charge on any atom is 0.251 e. The van der Waals surface area contributed by atoms with Crippen LogP contribution in [0.1, 0.15) is 26.3 Å². The van der Waals surface area contributed by atoms with Gasteiger partial charge in [-0.2, -0.15) is 0 Å². The average molecular weight is 403 g/mol. The monoisotopic (exact) mass is 403 g/mol. The summed E-state index contributed by atoms with van der Waals surface area (Å²) in [6.07, 6.45) is 0.253. The molecule has 0 radical (unpaired) electrons. The quantitative estimate of drug-likeness (QED) is 0.394. The van der Waals surface area contributed by atoms with Crippen LogP contribution in [0.5, 0.6) is 5.75 Å². The lowest BCUT2D eigenvalue weighted by atomic mass is 9.90. The maximum absolute atomic E-state index is 12.5. The molecule has 0 aliphatic carbocycles. The molecule has 0 spiro atoms. The molecule has 3 aromatic carbocycles. The number of primary amides is 2. The summed E-state index contributed by atoms with van der Waals surface area (Å²) < 4.78 is 5.34. The van der Waals surface area contributed by atoms with E-state index in [0.29, 0.717) is 33.5 Å². The first-order valence-corrected chi connectivity index (χ1v) is 9.40. The van der Waals surface area contributed by atoms with Crippen molar-refractivity contribution < 1.29 is 19.4 Å². The molecule has 152 valence electrons. The molecule has 0 saturated heterocycles. The Hall–Kier alpha value is -3.84. The van der Waals surface area contributed by atoms with Crippen molar-refractivity contribution in [3.63, 3.8) is 0 Å². The molecule has 4 rings (SSSR count). The van der Waals surface area contributed by atoms with E-state index in [2.05, 4.69) is 4.98 Å². The minimum Gasteiger partial charge on any atom is -0.497 e. The van der Waals surface area contributed by atoms with Crippen LogP contribution < -0.4 is 16.2 Å². The molecule has 1 heterocycles. The molecule has 0 unspecified atom stereocenters. The molecule has 1 aromatic heterocycles. The van der Waals surface area contributed by atoms with Crippen LogP contribution in [0.15, 0.2) is 48.5 Å². The van der Waals surface area contributed by atoms with Crippen LogP contribution in [0.2, 0.25) is 0 Å². The topological polar surface area (TPSA) is 131 Å². The van der Waals surface area contributed by atoms with Crippen molar-refractivity contribution in [3.8, 4) is 16.9 Å². The number of nitrogens with one attached hydrogen (secondary N) is 1. The van der Waals surface area contributed by atoms with Crippen LogP contribution >= 0.6 is 0 Å². The van der Waals surface area contributed by atoms with Gasteiger partial charge < -0.3 is 26.3 Å². The Bertz CT molecular complexity index is 1310. The molecule has 7 nitrogen and oxygen atoms in total. The number of aliphatic hydroxyl groups is 1. The van der Waals surface area contributed by atoms with Gasteiger partial charge in [0.25, 0.3) is 5.91 Å². The average Bonchev–Trinajstić information content (AvgIpc) is 3.10. The third kappa shape index (κ3) is 3.15. The number of ether oxygens (including phenoxy) is 1. The zero-order valence-electron chi connectivity index (χ0n) is 16.4. The van der Waals surface area contributed by atoms with Crippen molar-refractivity contribution in [2.75, 3.05) is 13.7 Å². The van der Waals surface area contributed by atoms with E-state index < -0.39 is 11.8 Å². The summed E-state index contributed by atoms with van der Waals surface area (Å²) in [4.78, 5) is 27.3. The van der Waals surface area contributed by atoms with Crippen molar-refractivity contribution in [2.45, 2.75) is 6.42 Å². The van der Waals surface area contributed by atoms with Gasteiger partial charge in [-0.15, -0.1) is 0 Å². The number of H-pyrrole nitrogens is 1. The summed E-state index contributed by atoms with van der Waals surface area (Å²) in [6, 6.07) is 14.5. The zero-order chi connectivity index (χ0) is 21.4. The number of fused-ring (bicyclic) bond motifs is 3. The molecule has 2 amide bonds. The van der Waals surface area contributed by atoms with E-state index in [1.54, 1.807) is 25.3 Å². The number of aromatic amines is 1. The molecular formula is C23H21N3O4. The Kier molecular flexibility index (Phi) is 4.89. The Morgan fingerprint density at radius 3 is 2.50 bits per heavy atom. The summed E-state index contributed by atoms with van der Waals surface area (Å²) in [5.41, 5.74) is 15.3. The number of hydrogen-bond acceptors (Lipinski definition) is 4. The number of benzene rings is 3. The minimum absolute atomic E-state index is 0.144. The number of amides is 2. The Balaban J connectivity index is 2.12. The van der Waals surface area contributed by atoms with Crippen LogP contribution in [0.4, 0.5) is 0 Å². The fraction of sp³-hybridized carbons (Fsp3) is 0.130. The highest BCUT2D eigenvalue weighted by Crippen LogP contribution is 2.37. The molecule has 0 fully saturated rings. The molecule has 6 N–H and O–H groups in total. The van der Waals surface area contributed by atoms with Crippen molar-refractivity contribution in [3.05, 3.63) is 65.2 Å². The van der Waals surface area contributed by atoms with Gasteiger partial charge in [0.05, 0.1) is 18.2 Å². The van der Waals surface area contributed by atoms with Gasteiger partial charge in [0.1, 0.15) is 5.75 Å². The number of rotatable bonds is 6. The van der Waals surface area contributed by atoms with E-state index in [-0.39, 0.29) is 13.0 Å². The van der Waals surface area contributed by atoms with Gasteiger partial charge in [0.2, 0.25) is 5.91 Å². The first-order valence-electron chi connectivity index (χ1n) is 9.40. The fourth-order valence-electron chi connectivity index (χ4n) is 3.93. The largest absolute Gasteiger partial charge is 0.497 e.